The minimum atomic E-state index is 0.475. The molecule has 0 saturated heterocycles. The van der Waals surface area contributed by atoms with Crippen molar-refractivity contribution in [2.24, 2.45) is 0 Å². The first-order chi connectivity index (χ1) is 7.06. The number of benzene rings is 1. The Morgan fingerprint density at radius 3 is 2.40 bits per heavy atom. The van der Waals surface area contributed by atoms with E-state index in [4.69, 9.17) is 39.6 Å². The third kappa shape index (κ3) is 3.28. The van der Waals surface area contributed by atoms with Crippen LogP contribution in [0.2, 0.25) is 10.0 Å². The Morgan fingerprint density at radius 1 is 1.27 bits per heavy atom. The SMILES string of the molecule is CONC(=C(C)Cl)c1ccc(Cl)c(Cl)c1. The van der Waals surface area contributed by atoms with Gasteiger partial charge in [0.05, 0.1) is 22.9 Å². The van der Waals surface area contributed by atoms with E-state index in [2.05, 4.69) is 5.48 Å². The van der Waals surface area contributed by atoms with Crippen molar-refractivity contribution in [1.29, 1.82) is 0 Å². The molecule has 0 aliphatic carbocycles. The van der Waals surface area contributed by atoms with E-state index in [1.807, 2.05) is 0 Å². The lowest BCUT2D eigenvalue weighted by Crippen LogP contribution is -2.10. The van der Waals surface area contributed by atoms with E-state index in [0.29, 0.717) is 20.8 Å². The van der Waals surface area contributed by atoms with Gasteiger partial charge in [-0.1, -0.05) is 40.9 Å². The topological polar surface area (TPSA) is 21.3 Å². The summed E-state index contributed by atoms with van der Waals surface area (Å²) in [5.41, 5.74) is 4.17. The molecule has 0 saturated carbocycles. The smallest absolute Gasteiger partial charge is 0.0819 e. The highest BCUT2D eigenvalue weighted by Gasteiger charge is 2.06. The Morgan fingerprint density at radius 2 is 1.93 bits per heavy atom. The van der Waals surface area contributed by atoms with Gasteiger partial charge in [-0.3, -0.25) is 10.3 Å². The zero-order chi connectivity index (χ0) is 11.4. The zero-order valence-corrected chi connectivity index (χ0v) is 10.5. The molecule has 1 aromatic rings. The van der Waals surface area contributed by atoms with Crippen LogP contribution in [-0.4, -0.2) is 7.11 Å². The molecule has 0 bridgehead atoms. The molecule has 0 aliphatic heterocycles. The molecule has 82 valence electrons. The highest BCUT2D eigenvalue weighted by Crippen LogP contribution is 2.27. The highest BCUT2D eigenvalue weighted by molar-refractivity contribution is 6.42. The third-order valence-electron chi connectivity index (χ3n) is 1.76. The van der Waals surface area contributed by atoms with Crippen molar-refractivity contribution in [3.8, 4) is 0 Å². The van der Waals surface area contributed by atoms with Crippen LogP contribution < -0.4 is 5.48 Å². The second-order valence-corrected chi connectivity index (χ2v) is 4.22. The van der Waals surface area contributed by atoms with Crippen molar-refractivity contribution in [3.05, 3.63) is 38.8 Å². The lowest BCUT2D eigenvalue weighted by molar-refractivity contribution is 0.136. The number of allylic oxidation sites excluding steroid dienone is 1. The van der Waals surface area contributed by atoms with Crippen molar-refractivity contribution in [3.63, 3.8) is 0 Å². The largest absolute Gasteiger partial charge is 0.279 e. The lowest BCUT2D eigenvalue weighted by atomic mass is 10.1. The van der Waals surface area contributed by atoms with E-state index >= 15 is 0 Å². The van der Waals surface area contributed by atoms with Crippen molar-refractivity contribution < 1.29 is 4.84 Å². The normalized spacial score (nSPS) is 12.3. The number of rotatable bonds is 3. The molecule has 0 heterocycles. The number of hydrogen-bond acceptors (Lipinski definition) is 2. The van der Waals surface area contributed by atoms with Gasteiger partial charge in [-0.2, -0.15) is 0 Å². The second-order valence-electron chi connectivity index (χ2n) is 2.84. The molecule has 0 unspecified atom stereocenters. The summed E-state index contributed by atoms with van der Waals surface area (Å²) in [7, 11) is 1.51. The predicted octanol–water partition coefficient (Wildman–Crippen LogP) is 4.07. The maximum absolute atomic E-state index is 5.91. The molecular formula is C10H10Cl3NO. The number of hydroxylamine groups is 1. The maximum Gasteiger partial charge on any atom is 0.0819 e. The van der Waals surface area contributed by atoms with Gasteiger partial charge >= 0.3 is 0 Å². The molecule has 0 radical (unpaired) electrons. The van der Waals surface area contributed by atoms with Crippen molar-refractivity contribution >= 4 is 40.5 Å². The van der Waals surface area contributed by atoms with Crippen LogP contribution in [-0.2, 0) is 4.84 Å². The fourth-order valence-electron chi connectivity index (χ4n) is 1.08. The summed E-state index contributed by atoms with van der Waals surface area (Å²) in [5.74, 6) is 0. The van der Waals surface area contributed by atoms with E-state index in [9.17, 15) is 0 Å². The van der Waals surface area contributed by atoms with E-state index in [1.54, 1.807) is 25.1 Å². The molecule has 2 nitrogen and oxygen atoms in total. The number of hydrogen-bond donors (Lipinski definition) is 1. The second kappa shape index (κ2) is 5.61. The van der Waals surface area contributed by atoms with Crippen LogP contribution in [0.1, 0.15) is 12.5 Å². The maximum atomic E-state index is 5.91. The molecule has 1 rings (SSSR count). The molecule has 0 amide bonds. The summed E-state index contributed by atoms with van der Waals surface area (Å²) in [6.07, 6.45) is 0. The monoisotopic (exact) mass is 265 g/mol. The molecule has 0 spiro atoms. The predicted molar refractivity (Wildman–Crippen MR) is 65.1 cm³/mol. The molecule has 0 atom stereocenters. The lowest BCUT2D eigenvalue weighted by Gasteiger charge is -2.10. The van der Waals surface area contributed by atoms with Crippen LogP contribution in [0.4, 0.5) is 0 Å². The van der Waals surface area contributed by atoms with Crippen LogP contribution in [0.3, 0.4) is 0 Å². The summed E-state index contributed by atoms with van der Waals surface area (Å²) in [6.45, 7) is 1.76. The minimum absolute atomic E-state index is 0.475. The zero-order valence-electron chi connectivity index (χ0n) is 8.27. The fourth-order valence-corrected chi connectivity index (χ4v) is 1.53. The first-order valence-corrected chi connectivity index (χ1v) is 5.30. The average Bonchev–Trinajstić information content (AvgIpc) is 2.18. The van der Waals surface area contributed by atoms with Gasteiger partial charge in [0.2, 0.25) is 0 Å². The van der Waals surface area contributed by atoms with Gasteiger partial charge in [0.25, 0.3) is 0 Å². The summed E-state index contributed by atoms with van der Waals surface area (Å²) in [6, 6.07) is 5.23. The van der Waals surface area contributed by atoms with Gasteiger partial charge < -0.3 is 0 Å². The standard InChI is InChI=1S/C10H10Cl3NO/c1-6(11)10(14-15-2)7-3-4-8(12)9(13)5-7/h3-5,14H,1-2H3. The molecule has 0 aromatic heterocycles. The highest BCUT2D eigenvalue weighted by atomic mass is 35.5. The van der Waals surface area contributed by atoms with E-state index in [0.717, 1.165) is 5.56 Å². The molecular weight excluding hydrogens is 256 g/mol. The molecule has 1 aromatic carbocycles. The first kappa shape index (κ1) is 12.7. The molecule has 0 fully saturated rings. The summed E-state index contributed by atoms with van der Waals surface area (Å²) >= 11 is 17.6. The van der Waals surface area contributed by atoms with Gasteiger partial charge in [-0.05, 0) is 19.1 Å². The van der Waals surface area contributed by atoms with Crippen LogP contribution >= 0.6 is 34.8 Å². The Bertz CT molecular complexity index is 386. The van der Waals surface area contributed by atoms with Gasteiger partial charge in [-0.15, -0.1) is 0 Å². The van der Waals surface area contributed by atoms with Crippen molar-refractivity contribution in [2.45, 2.75) is 6.92 Å². The van der Waals surface area contributed by atoms with E-state index < -0.39 is 0 Å². The van der Waals surface area contributed by atoms with Gasteiger partial charge in [0.15, 0.2) is 0 Å². The van der Waals surface area contributed by atoms with Crippen molar-refractivity contribution in [2.75, 3.05) is 7.11 Å². The van der Waals surface area contributed by atoms with E-state index in [1.165, 1.54) is 7.11 Å². The van der Waals surface area contributed by atoms with Crippen LogP contribution in [0.15, 0.2) is 23.2 Å². The molecule has 1 N–H and O–H groups in total. The Kier molecular flexibility index (Phi) is 4.74. The fraction of sp³-hybridized carbons (Fsp3) is 0.200. The average molecular weight is 267 g/mol. The third-order valence-corrected chi connectivity index (χ3v) is 2.68. The Balaban J connectivity index is 3.13. The first-order valence-electron chi connectivity index (χ1n) is 4.17. The van der Waals surface area contributed by atoms with Gasteiger partial charge in [0.1, 0.15) is 0 Å². The van der Waals surface area contributed by atoms with E-state index in [-0.39, 0.29) is 0 Å². The Hall–Kier alpha value is -0.410. The number of nitrogens with one attached hydrogen (secondary N) is 1. The van der Waals surface area contributed by atoms with Crippen LogP contribution in [0.5, 0.6) is 0 Å². The summed E-state index contributed by atoms with van der Waals surface area (Å²) in [4.78, 5) is 4.82. The quantitative estimate of drug-likeness (QED) is 0.833. The number of halogens is 3. The molecule has 5 heteroatoms. The van der Waals surface area contributed by atoms with Crippen LogP contribution in [0, 0.1) is 0 Å². The molecule has 0 aliphatic rings. The van der Waals surface area contributed by atoms with Crippen LogP contribution in [0.25, 0.3) is 5.70 Å². The Labute approximate surface area is 104 Å². The minimum Gasteiger partial charge on any atom is -0.279 e. The molecule has 15 heavy (non-hydrogen) atoms. The summed E-state index contributed by atoms with van der Waals surface area (Å²) < 4.78 is 0. The van der Waals surface area contributed by atoms with Gasteiger partial charge in [-0.25, -0.2) is 0 Å². The van der Waals surface area contributed by atoms with Crippen molar-refractivity contribution in [1.82, 2.24) is 5.48 Å². The summed E-state index contributed by atoms with van der Waals surface area (Å²) in [5, 5.41) is 1.56. The van der Waals surface area contributed by atoms with Gasteiger partial charge in [0, 0.05) is 10.6 Å².